The summed E-state index contributed by atoms with van der Waals surface area (Å²) in [6.07, 6.45) is 1.25. The zero-order valence-corrected chi connectivity index (χ0v) is 9.25. The van der Waals surface area contributed by atoms with Crippen molar-refractivity contribution in [1.82, 2.24) is 0 Å². The average Bonchev–Trinajstić information content (AvgIpc) is 2.20. The van der Waals surface area contributed by atoms with Gasteiger partial charge in [-0.25, -0.2) is 0 Å². The van der Waals surface area contributed by atoms with E-state index in [0.29, 0.717) is 0 Å². The van der Waals surface area contributed by atoms with Gasteiger partial charge in [-0.1, -0.05) is 62.7 Å². The Balaban J connectivity index is 0.000000293. The Hall–Kier alpha value is -1.30. The van der Waals surface area contributed by atoms with Crippen LogP contribution in [0.2, 0.25) is 0 Å². The van der Waals surface area contributed by atoms with Gasteiger partial charge in [0.2, 0.25) is 0 Å². The zero-order valence-electron chi connectivity index (χ0n) is 9.25. The van der Waals surface area contributed by atoms with Gasteiger partial charge in [0.15, 0.2) is 0 Å². The second-order valence-electron chi connectivity index (χ2n) is 3.50. The van der Waals surface area contributed by atoms with Gasteiger partial charge in [-0.15, -0.1) is 0 Å². The molecular formula is C14H18. The third-order valence-electron chi connectivity index (χ3n) is 2.01. The van der Waals surface area contributed by atoms with E-state index in [1.54, 1.807) is 0 Å². The first kappa shape index (κ1) is 10.8. The van der Waals surface area contributed by atoms with Crippen LogP contribution >= 0.6 is 0 Å². The molecule has 2 rings (SSSR count). The fourth-order valence-electron chi connectivity index (χ4n) is 1.39. The van der Waals surface area contributed by atoms with Crippen molar-refractivity contribution >= 4 is 10.8 Å². The molecule has 2 aromatic carbocycles. The molecule has 0 amide bonds. The van der Waals surface area contributed by atoms with Crippen molar-refractivity contribution in [1.29, 1.82) is 0 Å². The summed E-state index contributed by atoms with van der Waals surface area (Å²) in [5, 5.41) is 2.68. The molecule has 2 aromatic rings. The third kappa shape index (κ3) is 2.59. The van der Waals surface area contributed by atoms with Crippen LogP contribution in [0.1, 0.15) is 25.8 Å². The highest BCUT2D eigenvalue weighted by Crippen LogP contribution is 2.16. The summed E-state index contributed by atoms with van der Waals surface area (Å²) in [5.41, 5.74) is 1.35. The Labute approximate surface area is 86.6 Å². The highest BCUT2D eigenvalue weighted by Gasteiger charge is 1.91. The summed E-state index contributed by atoms with van der Waals surface area (Å²) in [6, 6.07) is 14.8. The van der Waals surface area contributed by atoms with E-state index >= 15 is 0 Å². The number of aryl methyl sites for hydroxylation is 1. The Morgan fingerprint density at radius 1 is 0.857 bits per heavy atom. The van der Waals surface area contributed by atoms with Crippen molar-refractivity contribution in [2.75, 3.05) is 0 Å². The van der Waals surface area contributed by atoms with Gasteiger partial charge in [0.1, 0.15) is 0 Å². The number of benzene rings is 2. The summed E-state index contributed by atoms with van der Waals surface area (Å²) in [6.45, 7) is 6.39. The minimum atomic E-state index is 1.25. The molecule has 0 saturated heterocycles. The molecule has 74 valence electrons. The maximum absolute atomic E-state index is 2.16. The van der Waals surface area contributed by atoms with E-state index in [9.17, 15) is 0 Å². The van der Waals surface area contributed by atoms with E-state index in [2.05, 4.69) is 63.2 Å². The van der Waals surface area contributed by atoms with Gasteiger partial charge in [0, 0.05) is 0 Å². The lowest BCUT2D eigenvalue weighted by atomic mass is 10.1. The predicted molar refractivity (Wildman–Crippen MR) is 64.7 cm³/mol. The number of fused-ring (bicyclic) bond motifs is 1. The Morgan fingerprint density at radius 2 is 1.43 bits per heavy atom. The first-order chi connectivity index (χ1) is 6.79. The zero-order chi connectivity index (χ0) is 10.4. The summed E-state index contributed by atoms with van der Waals surface area (Å²) in [4.78, 5) is 0. The smallest absolute Gasteiger partial charge is 0.0155 e. The fourth-order valence-corrected chi connectivity index (χ4v) is 1.39. The first-order valence-corrected chi connectivity index (χ1v) is 5.24. The van der Waals surface area contributed by atoms with Crippen LogP contribution in [0.15, 0.2) is 42.5 Å². The topological polar surface area (TPSA) is 0 Å². The minimum absolute atomic E-state index is 1.25. The molecule has 0 unspecified atom stereocenters. The predicted octanol–water partition coefficient (Wildman–Crippen LogP) is 4.56. The van der Waals surface area contributed by atoms with Gasteiger partial charge in [-0.3, -0.25) is 0 Å². The summed E-state index contributed by atoms with van der Waals surface area (Å²) in [7, 11) is 0. The van der Waals surface area contributed by atoms with Crippen molar-refractivity contribution in [2.45, 2.75) is 27.2 Å². The molecule has 0 N–H and O–H groups in total. The van der Waals surface area contributed by atoms with E-state index in [-0.39, 0.29) is 0 Å². The summed E-state index contributed by atoms with van der Waals surface area (Å²) < 4.78 is 0. The van der Waals surface area contributed by atoms with Gasteiger partial charge in [-0.05, 0) is 23.3 Å². The molecule has 0 aliphatic carbocycles. The van der Waals surface area contributed by atoms with Gasteiger partial charge in [0.25, 0.3) is 0 Å². The van der Waals surface area contributed by atoms with Crippen molar-refractivity contribution < 1.29 is 0 Å². The van der Waals surface area contributed by atoms with E-state index in [1.807, 2.05) is 0 Å². The van der Waals surface area contributed by atoms with Crippen LogP contribution in [-0.4, -0.2) is 0 Å². The molecule has 0 bridgehead atoms. The monoisotopic (exact) mass is 186 g/mol. The first-order valence-electron chi connectivity index (χ1n) is 5.24. The third-order valence-corrected chi connectivity index (χ3v) is 2.01. The lowest BCUT2D eigenvalue weighted by Gasteiger charge is -1.98. The second kappa shape index (κ2) is 5.43. The van der Waals surface area contributed by atoms with Crippen molar-refractivity contribution in [2.24, 2.45) is 0 Å². The maximum Gasteiger partial charge on any atom is -0.0155 e. The SMILES string of the molecule is CCC.Cc1cccc2ccccc12. The van der Waals surface area contributed by atoms with E-state index in [1.165, 1.54) is 22.8 Å². The van der Waals surface area contributed by atoms with E-state index < -0.39 is 0 Å². The molecule has 0 saturated carbocycles. The Morgan fingerprint density at radius 3 is 2.07 bits per heavy atom. The molecule has 0 aliphatic heterocycles. The van der Waals surface area contributed by atoms with Crippen LogP contribution < -0.4 is 0 Å². The number of hydrogen-bond acceptors (Lipinski definition) is 0. The molecule has 0 fully saturated rings. The van der Waals surface area contributed by atoms with Crippen LogP contribution in [0.4, 0.5) is 0 Å². The highest BCUT2D eigenvalue weighted by atomic mass is 14.0. The van der Waals surface area contributed by atoms with Gasteiger partial charge < -0.3 is 0 Å². The summed E-state index contributed by atoms with van der Waals surface area (Å²) in [5.74, 6) is 0. The molecule has 0 aromatic heterocycles. The molecule has 0 heterocycles. The largest absolute Gasteiger partial charge is 0.0656 e. The lowest BCUT2D eigenvalue weighted by Crippen LogP contribution is -1.75. The molecule has 0 spiro atoms. The standard InChI is InChI=1S/C11H10.C3H8/c1-9-5-4-7-10-6-2-3-8-11(9)10;1-3-2/h2-8H,1H3;3H2,1-2H3. The van der Waals surface area contributed by atoms with Crippen molar-refractivity contribution in [3.05, 3.63) is 48.0 Å². The van der Waals surface area contributed by atoms with Crippen LogP contribution in [-0.2, 0) is 0 Å². The van der Waals surface area contributed by atoms with Crippen molar-refractivity contribution in [3.8, 4) is 0 Å². The lowest BCUT2D eigenvalue weighted by molar-refractivity contribution is 1.09. The van der Waals surface area contributed by atoms with Gasteiger partial charge in [-0.2, -0.15) is 0 Å². The number of rotatable bonds is 0. The minimum Gasteiger partial charge on any atom is -0.0656 e. The summed E-state index contributed by atoms with van der Waals surface area (Å²) >= 11 is 0. The quantitative estimate of drug-likeness (QED) is 0.565. The maximum atomic E-state index is 2.16. The Kier molecular flexibility index (Phi) is 4.18. The molecule has 0 nitrogen and oxygen atoms in total. The molecule has 0 heteroatoms. The molecule has 0 aliphatic rings. The second-order valence-corrected chi connectivity index (χ2v) is 3.50. The van der Waals surface area contributed by atoms with Crippen molar-refractivity contribution in [3.63, 3.8) is 0 Å². The van der Waals surface area contributed by atoms with Crippen LogP contribution in [0.25, 0.3) is 10.8 Å². The Bertz CT molecular complexity index is 383. The van der Waals surface area contributed by atoms with Crippen LogP contribution in [0.3, 0.4) is 0 Å². The van der Waals surface area contributed by atoms with E-state index in [4.69, 9.17) is 0 Å². The number of hydrogen-bond donors (Lipinski definition) is 0. The average molecular weight is 186 g/mol. The fraction of sp³-hybridized carbons (Fsp3) is 0.286. The van der Waals surface area contributed by atoms with Gasteiger partial charge in [0.05, 0.1) is 0 Å². The molecule has 0 radical (unpaired) electrons. The van der Waals surface area contributed by atoms with Gasteiger partial charge >= 0.3 is 0 Å². The molecular weight excluding hydrogens is 168 g/mol. The highest BCUT2D eigenvalue weighted by molar-refractivity contribution is 5.85. The van der Waals surface area contributed by atoms with Crippen LogP contribution in [0, 0.1) is 6.92 Å². The van der Waals surface area contributed by atoms with E-state index in [0.717, 1.165) is 0 Å². The molecule has 14 heavy (non-hydrogen) atoms. The van der Waals surface area contributed by atoms with Crippen LogP contribution in [0.5, 0.6) is 0 Å². The molecule has 0 atom stereocenters. The normalized spacial score (nSPS) is 9.36.